The lowest BCUT2D eigenvalue weighted by Crippen LogP contribution is -2.38. The van der Waals surface area contributed by atoms with Gasteiger partial charge in [-0.15, -0.1) is 0 Å². The quantitative estimate of drug-likeness (QED) is 0.900. The Bertz CT molecular complexity index is 372. The monoisotopic (exact) mass is 285 g/mol. The molecule has 1 saturated heterocycles. The number of hydrogen-bond acceptors (Lipinski definition) is 4. The Hall–Kier alpha value is -0.130. The SMILES string of the molecule is CCc1cc(CC(N)C2CSCCS2)n(CC)n1. The third-order valence-electron chi connectivity index (χ3n) is 3.34. The summed E-state index contributed by atoms with van der Waals surface area (Å²) in [6.45, 7) is 5.24. The summed E-state index contributed by atoms with van der Waals surface area (Å²) in [6.07, 6.45) is 1.96. The van der Waals surface area contributed by atoms with Crippen molar-refractivity contribution in [1.29, 1.82) is 0 Å². The lowest BCUT2D eigenvalue weighted by atomic mass is 10.1. The van der Waals surface area contributed by atoms with E-state index in [0.29, 0.717) is 5.25 Å². The van der Waals surface area contributed by atoms with Crippen molar-refractivity contribution in [3.8, 4) is 0 Å². The fourth-order valence-corrected chi connectivity index (χ4v) is 5.07. The number of hydrogen-bond donors (Lipinski definition) is 1. The van der Waals surface area contributed by atoms with Crippen LogP contribution in [-0.4, -0.2) is 38.3 Å². The lowest BCUT2D eigenvalue weighted by Gasteiger charge is -2.26. The molecule has 0 radical (unpaired) electrons. The van der Waals surface area contributed by atoms with Gasteiger partial charge in [-0.2, -0.15) is 28.6 Å². The van der Waals surface area contributed by atoms with Gasteiger partial charge < -0.3 is 5.73 Å². The summed E-state index contributed by atoms with van der Waals surface area (Å²) in [6, 6.07) is 2.48. The van der Waals surface area contributed by atoms with E-state index in [1.165, 1.54) is 28.6 Å². The molecule has 2 atom stereocenters. The molecule has 2 N–H and O–H groups in total. The standard InChI is InChI=1S/C13H23N3S2/c1-3-10-7-11(16(4-2)15-10)8-12(14)13-9-17-5-6-18-13/h7,12-13H,3-6,8-9,14H2,1-2H3. The highest BCUT2D eigenvalue weighted by molar-refractivity contribution is 8.06. The first kappa shape index (κ1) is 14.3. The van der Waals surface area contributed by atoms with Gasteiger partial charge in [0.25, 0.3) is 0 Å². The molecule has 0 spiro atoms. The number of aryl methyl sites for hydroxylation is 2. The molecule has 1 aliphatic rings. The molecule has 1 aromatic rings. The first-order valence-corrected chi connectivity index (χ1v) is 8.95. The van der Waals surface area contributed by atoms with E-state index in [4.69, 9.17) is 5.73 Å². The van der Waals surface area contributed by atoms with Crippen molar-refractivity contribution in [2.45, 2.75) is 44.5 Å². The molecule has 0 saturated carbocycles. The number of thioether (sulfide) groups is 2. The van der Waals surface area contributed by atoms with Gasteiger partial charge in [-0.1, -0.05) is 6.92 Å². The van der Waals surface area contributed by atoms with E-state index in [0.717, 1.165) is 19.4 Å². The molecule has 18 heavy (non-hydrogen) atoms. The second-order valence-electron chi connectivity index (χ2n) is 4.65. The topological polar surface area (TPSA) is 43.8 Å². The first-order valence-electron chi connectivity index (χ1n) is 6.75. The molecule has 0 aliphatic carbocycles. The third kappa shape index (κ3) is 3.45. The Morgan fingerprint density at radius 3 is 2.94 bits per heavy atom. The maximum atomic E-state index is 6.38. The molecule has 3 nitrogen and oxygen atoms in total. The van der Waals surface area contributed by atoms with Crippen LogP contribution in [0.3, 0.4) is 0 Å². The largest absolute Gasteiger partial charge is 0.326 e. The van der Waals surface area contributed by atoms with E-state index in [-0.39, 0.29) is 6.04 Å². The van der Waals surface area contributed by atoms with E-state index in [9.17, 15) is 0 Å². The summed E-state index contributed by atoms with van der Waals surface area (Å²) in [4.78, 5) is 0. The van der Waals surface area contributed by atoms with Crippen molar-refractivity contribution in [3.05, 3.63) is 17.5 Å². The van der Waals surface area contributed by atoms with Crippen LogP contribution in [0, 0.1) is 0 Å². The van der Waals surface area contributed by atoms with Crippen molar-refractivity contribution < 1.29 is 0 Å². The highest BCUT2D eigenvalue weighted by atomic mass is 32.2. The smallest absolute Gasteiger partial charge is 0.0624 e. The maximum Gasteiger partial charge on any atom is 0.0624 e. The Morgan fingerprint density at radius 1 is 1.50 bits per heavy atom. The van der Waals surface area contributed by atoms with Gasteiger partial charge in [-0.05, 0) is 19.4 Å². The summed E-state index contributed by atoms with van der Waals surface area (Å²) in [5.74, 6) is 3.73. The third-order valence-corrected chi connectivity index (χ3v) is 6.28. The number of nitrogens with zero attached hydrogens (tertiary/aromatic N) is 2. The van der Waals surface area contributed by atoms with Crippen LogP contribution in [0.15, 0.2) is 6.07 Å². The highest BCUT2D eigenvalue weighted by Crippen LogP contribution is 2.27. The average Bonchev–Trinajstić information content (AvgIpc) is 2.82. The molecule has 0 amide bonds. The van der Waals surface area contributed by atoms with Crippen molar-refractivity contribution >= 4 is 23.5 Å². The lowest BCUT2D eigenvalue weighted by molar-refractivity contribution is 0.573. The molecule has 0 aromatic carbocycles. The van der Waals surface area contributed by atoms with Crippen molar-refractivity contribution in [1.82, 2.24) is 9.78 Å². The molecule has 0 bridgehead atoms. The van der Waals surface area contributed by atoms with Gasteiger partial charge in [-0.3, -0.25) is 4.68 Å². The van der Waals surface area contributed by atoms with Crippen LogP contribution in [0.5, 0.6) is 0 Å². The van der Waals surface area contributed by atoms with Crippen LogP contribution in [-0.2, 0) is 19.4 Å². The zero-order valence-electron chi connectivity index (χ0n) is 11.3. The van der Waals surface area contributed by atoms with Gasteiger partial charge >= 0.3 is 0 Å². The second kappa shape index (κ2) is 6.87. The van der Waals surface area contributed by atoms with Gasteiger partial charge in [0.05, 0.1) is 5.69 Å². The highest BCUT2D eigenvalue weighted by Gasteiger charge is 2.23. The second-order valence-corrected chi connectivity index (χ2v) is 7.15. The van der Waals surface area contributed by atoms with E-state index >= 15 is 0 Å². The minimum atomic E-state index is 0.259. The molecule has 1 aromatic heterocycles. The number of nitrogens with two attached hydrogens (primary N) is 1. The minimum absolute atomic E-state index is 0.259. The Kier molecular flexibility index (Phi) is 5.45. The van der Waals surface area contributed by atoms with Gasteiger partial charge in [0.2, 0.25) is 0 Å². The summed E-state index contributed by atoms with van der Waals surface area (Å²) >= 11 is 4.08. The van der Waals surface area contributed by atoms with E-state index in [1.807, 2.05) is 23.5 Å². The molecule has 102 valence electrons. The van der Waals surface area contributed by atoms with Crippen molar-refractivity contribution in [3.63, 3.8) is 0 Å². The van der Waals surface area contributed by atoms with Crippen LogP contribution in [0.4, 0.5) is 0 Å². The maximum absolute atomic E-state index is 6.38. The van der Waals surface area contributed by atoms with E-state index in [2.05, 4.69) is 29.7 Å². The number of rotatable bonds is 5. The normalized spacial score (nSPS) is 22.1. The zero-order chi connectivity index (χ0) is 13.0. The molecule has 1 aliphatic heterocycles. The molecular weight excluding hydrogens is 262 g/mol. The molecule has 2 rings (SSSR count). The van der Waals surface area contributed by atoms with Crippen LogP contribution in [0.2, 0.25) is 0 Å². The Morgan fingerprint density at radius 2 is 2.33 bits per heavy atom. The van der Waals surface area contributed by atoms with Crippen molar-refractivity contribution in [2.75, 3.05) is 17.3 Å². The molecule has 2 heterocycles. The van der Waals surface area contributed by atoms with Gasteiger partial charge in [0, 0.05) is 47.2 Å². The van der Waals surface area contributed by atoms with Crippen LogP contribution >= 0.6 is 23.5 Å². The predicted octanol–water partition coefficient (Wildman–Crippen LogP) is 2.18. The molecule has 5 heteroatoms. The molecular formula is C13H23N3S2. The summed E-state index contributed by atoms with van der Waals surface area (Å²) in [5.41, 5.74) is 8.87. The van der Waals surface area contributed by atoms with Crippen molar-refractivity contribution in [2.24, 2.45) is 5.73 Å². The van der Waals surface area contributed by atoms with Crippen LogP contribution in [0.1, 0.15) is 25.2 Å². The Labute approximate surface area is 118 Å². The Balaban J connectivity index is 2.00. The fourth-order valence-electron chi connectivity index (χ4n) is 2.25. The minimum Gasteiger partial charge on any atom is -0.326 e. The predicted molar refractivity (Wildman–Crippen MR) is 82.5 cm³/mol. The molecule has 2 unspecified atom stereocenters. The first-order chi connectivity index (χ1) is 8.74. The van der Waals surface area contributed by atoms with E-state index < -0.39 is 0 Å². The van der Waals surface area contributed by atoms with Crippen LogP contribution in [0.25, 0.3) is 0 Å². The summed E-state index contributed by atoms with van der Waals surface area (Å²) in [5, 5.41) is 5.20. The van der Waals surface area contributed by atoms with Gasteiger partial charge in [0.15, 0.2) is 0 Å². The van der Waals surface area contributed by atoms with E-state index in [1.54, 1.807) is 0 Å². The summed E-state index contributed by atoms with van der Waals surface area (Å²) < 4.78 is 2.11. The number of aromatic nitrogens is 2. The molecule has 1 fully saturated rings. The van der Waals surface area contributed by atoms with Gasteiger partial charge in [-0.25, -0.2) is 0 Å². The zero-order valence-corrected chi connectivity index (χ0v) is 12.9. The average molecular weight is 285 g/mol. The fraction of sp³-hybridized carbons (Fsp3) is 0.769. The van der Waals surface area contributed by atoms with Crippen LogP contribution < -0.4 is 5.73 Å². The van der Waals surface area contributed by atoms with Gasteiger partial charge in [0.1, 0.15) is 0 Å². The summed E-state index contributed by atoms with van der Waals surface area (Å²) in [7, 11) is 0.